The van der Waals surface area contributed by atoms with Gasteiger partial charge >= 0.3 is 0 Å². The molecule has 0 aromatic heterocycles. The van der Waals surface area contributed by atoms with Crippen molar-refractivity contribution >= 4 is 0 Å². The van der Waals surface area contributed by atoms with Gasteiger partial charge in [0.2, 0.25) is 0 Å². The minimum absolute atomic E-state index is 0.421. The summed E-state index contributed by atoms with van der Waals surface area (Å²) in [6, 6.07) is 2.83. The van der Waals surface area contributed by atoms with Crippen LogP contribution in [0.3, 0.4) is 0 Å². The van der Waals surface area contributed by atoms with Gasteiger partial charge in [0.15, 0.2) is 0 Å². The maximum absolute atomic E-state index is 3.64. The Kier molecular flexibility index (Phi) is 4.06. The Hall–Kier alpha value is -0.820. The van der Waals surface area contributed by atoms with Crippen molar-refractivity contribution in [1.82, 2.24) is 5.32 Å². The van der Waals surface area contributed by atoms with Crippen LogP contribution < -0.4 is 5.32 Å². The van der Waals surface area contributed by atoms with Crippen LogP contribution in [0.5, 0.6) is 0 Å². The monoisotopic (exact) mass is 259 g/mol. The minimum Gasteiger partial charge on any atom is -0.313 e. The van der Waals surface area contributed by atoms with Crippen molar-refractivity contribution in [3.63, 3.8) is 0 Å². The van der Waals surface area contributed by atoms with Crippen LogP contribution in [0.15, 0.2) is 6.07 Å². The fraction of sp³-hybridized carbons (Fsp3) is 0.667. The zero-order chi connectivity index (χ0) is 14.2. The first-order valence-electron chi connectivity index (χ1n) is 7.65. The smallest absolute Gasteiger partial charge is 0.0377 e. The molecular formula is C18H29N. The zero-order valence-corrected chi connectivity index (χ0v) is 13.5. The van der Waals surface area contributed by atoms with Crippen molar-refractivity contribution in [2.45, 2.75) is 66.3 Å². The van der Waals surface area contributed by atoms with Gasteiger partial charge in [0.1, 0.15) is 0 Å². The first kappa shape index (κ1) is 14.6. The zero-order valence-electron chi connectivity index (χ0n) is 13.5. The van der Waals surface area contributed by atoms with Crippen LogP contribution in [0.25, 0.3) is 0 Å². The molecule has 1 saturated carbocycles. The average Bonchev–Trinajstić information content (AvgIpc) is 2.80. The quantitative estimate of drug-likeness (QED) is 0.825. The van der Waals surface area contributed by atoms with E-state index in [1.807, 2.05) is 0 Å². The lowest BCUT2D eigenvalue weighted by Gasteiger charge is -2.37. The summed E-state index contributed by atoms with van der Waals surface area (Å²) in [7, 11) is 2.13. The van der Waals surface area contributed by atoms with E-state index in [1.54, 1.807) is 5.56 Å². The number of benzene rings is 1. The molecule has 1 aliphatic rings. The highest BCUT2D eigenvalue weighted by Crippen LogP contribution is 2.48. The van der Waals surface area contributed by atoms with Gasteiger partial charge in [-0.25, -0.2) is 0 Å². The number of aryl methyl sites for hydroxylation is 2. The summed E-state index contributed by atoms with van der Waals surface area (Å²) >= 11 is 0. The van der Waals surface area contributed by atoms with Gasteiger partial charge in [0, 0.05) is 6.04 Å². The molecule has 19 heavy (non-hydrogen) atoms. The third-order valence-electron chi connectivity index (χ3n) is 5.44. The molecule has 0 radical (unpaired) electrons. The largest absolute Gasteiger partial charge is 0.313 e. The third kappa shape index (κ3) is 2.45. The molecule has 106 valence electrons. The molecule has 1 unspecified atom stereocenters. The number of rotatable bonds is 3. The second-order valence-electron chi connectivity index (χ2n) is 6.76. The van der Waals surface area contributed by atoms with E-state index in [1.165, 1.54) is 47.9 Å². The molecule has 1 N–H and O–H groups in total. The second kappa shape index (κ2) is 5.28. The summed E-state index contributed by atoms with van der Waals surface area (Å²) in [4.78, 5) is 0. The molecular weight excluding hydrogens is 230 g/mol. The van der Waals surface area contributed by atoms with E-state index in [0.717, 1.165) is 0 Å². The van der Waals surface area contributed by atoms with Crippen molar-refractivity contribution in [1.29, 1.82) is 0 Å². The number of hydrogen-bond acceptors (Lipinski definition) is 1. The van der Waals surface area contributed by atoms with E-state index in [4.69, 9.17) is 0 Å². The lowest BCUT2D eigenvalue weighted by atomic mass is 9.74. The van der Waals surface area contributed by atoms with E-state index >= 15 is 0 Å². The molecule has 0 heterocycles. The average molecular weight is 259 g/mol. The lowest BCUT2D eigenvalue weighted by Crippen LogP contribution is -2.33. The Bertz CT molecular complexity index is 441. The summed E-state index contributed by atoms with van der Waals surface area (Å²) in [5.41, 5.74) is 7.81. The highest BCUT2D eigenvalue weighted by molar-refractivity contribution is 5.46. The maximum Gasteiger partial charge on any atom is 0.0377 e. The van der Waals surface area contributed by atoms with E-state index < -0.39 is 0 Å². The Labute approximate surface area is 118 Å². The van der Waals surface area contributed by atoms with Gasteiger partial charge in [0.25, 0.3) is 0 Å². The molecule has 1 atom stereocenters. The fourth-order valence-corrected chi connectivity index (χ4v) is 3.99. The van der Waals surface area contributed by atoms with Crippen molar-refractivity contribution in [2.75, 3.05) is 7.05 Å². The molecule has 1 aromatic rings. The molecule has 1 fully saturated rings. The Morgan fingerprint density at radius 2 is 1.47 bits per heavy atom. The predicted molar refractivity (Wildman–Crippen MR) is 83.8 cm³/mol. The Balaban J connectivity index is 2.55. The van der Waals surface area contributed by atoms with Crippen LogP contribution in [0, 0.1) is 33.1 Å². The highest BCUT2D eigenvalue weighted by atomic mass is 14.9. The predicted octanol–water partition coefficient (Wildman–Crippen LogP) is 4.76. The first-order chi connectivity index (χ1) is 8.90. The van der Waals surface area contributed by atoms with Crippen molar-refractivity contribution in [2.24, 2.45) is 5.41 Å². The molecule has 0 saturated heterocycles. The SMILES string of the molecule is CNC(c1c(C)c(C)cc(C)c1C)C1(C)CCCC1. The van der Waals surface area contributed by atoms with Crippen molar-refractivity contribution in [3.8, 4) is 0 Å². The second-order valence-corrected chi connectivity index (χ2v) is 6.76. The van der Waals surface area contributed by atoms with Crippen LogP contribution in [0.4, 0.5) is 0 Å². The van der Waals surface area contributed by atoms with Gasteiger partial charge in [-0.3, -0.25) is 0 Å². The van der Waals surface area contributed by atoms with Crippen molar-refractivity contribution in [3.05, 3.63) is 33.9 Å². The molecule has 0 spiro atoms. The maximum atomic E-state index is 3.64. The molecule has 1 nitrogen and oxygen atoms in total. The van der Waals surface area contributed by atoms with E-state index in [2.05, 4.69) is 53.0 Å². The van der Waals surface area contributed by atoms with E-state index in [0.29, 0.717) is 11.5 Å². The highest BCUT2D eigenvalue weighted by Gasteiger charge is 2.38. The molecule has 0 amide bonds. The molecule has 2 rings (SSSR count). The standard InChI is InChI=1S/C18H29N/c1-12-11-13(2)15(4)16(14(12)3)17(19-6)18(5)9-7-8-10-18/h11,17,19H,7-10H2,1-6H3. The molecule has 1 aliphatic carbocycles. The van der Waals surface area contributed by atoms with Gasteiger partial charge in [-0.15, -0.1) is 0 Å². The van der Waals surface area contributed by atoms with Gasteiger partial charge in [0.05, 0.1) is 0 Å². The first-order valence-corrected chi connectivity index (χ1v) is 7.65. The topological polar surface area (TPSA) is 12.0 Å². The van der Waals surface area contributed by atoms with Crippen LogP contribution in [-0.2, 0) is 0 Å². The van der Waals surface area contributed by atoms with Crippen molar-refractivity contribution < 1.29 is 0 Å². The van der Waals surface area contributed by atoms with Gasteiger partial charge < -0.3 is 5.32 Å². The van der Waals surface area contributed by atoms with Gasteiger partial charge in [-0.2, -0.15) is 0 Å². The van der Waals surface area contributed by atoms with Crippen LogP contribution in [0.2, 0.25) is 0 Å². The summed E-state index contributed by atoms with van der Waals surface area (Å²) in [6.07, 6.45) is 5.48. The van der Waals surface area contributed by atoms with Gasteiger partial charge in [-0.1, -0.05) is 25.8 Å². The number of hydrogen-bond donors (Lipinski definition) is 1. The summed E-state index contributed by atoms with van der Waals surface area (Å²) in [5.74, 6) is 0. The van der Waals surface area contributed by atoms with Crippen LogP contribution in [0.1, 0.15) is 66.5 Å². The summed E-state index contributed by atoms with van der Waals surface area (Å²) in [5, 5.41) is 3.64. The molecule has 1 heteroatoms. The van der Waals surface area contributed by atoms with Crippen LogP contribution in [-0.4, -0.2) is 7.05 Å². The summed E-state index contributed by atoms with van der Waals surface area (Å²) < 4.78 is 0. The lowest BCUT2D eigenvalue weighted by molar-refractivity contribution is 0.232. The fourth-order valence-electron chi connectivity index (χ4n) is 3.99. The Morgan fingerprint density at radius 1 is 1.00 bits per heavy atom. The summed E-state index contributed by atoms with van der Waals surface area (Å²) in [6.45, 7) is 11.5. The van der Waals surface area contributed by atoms with E-state index in [-0.39, 0.29) is 0 Å². The number of nitrogens with one attached hydrogen (secondary N) is 1. The molecule has 0 bridgehead atoms. The Morgan fingerprint density at radius 3 is 1.89 bits per heavy atom. The normalized spacial score (nSPS) is 19.7. The minimum atomic E-state index is 0.421. The van der Waals surface area contributed by atoms with Gasteiger partial charge in [-0.05, 0) is 80.8 Å². The van der Waals surface area contributed by atoms with Crippen LogP contribution >= 0.6 is 0 Å². The third-order valence-corrected chi connectivity index (χ3v) is 5.44. The molecule has 1 aromatic carbocycles. The molecule has 0 aliphatic heterocycles. The van der Waals surface area contributed by atoms with E-state index in [9.17, 15) is 0 Å².